The maximum Gasteiger partial charge on any atom is 0.203 e. The molecule has 0 aliphatic heterocycles. The molecule has 2 aromatic heterocycles. The fourth-order valence-electron chi connectivity index (χ4n) is 4.25. The van der Waals surface area contributed by atoms with Crippen molar-refractivity contribution < 1.29 is 19.7 Å². The van der Waals surface area contributed by atoms with Crippen LogP contribution in [0.2, 0.25) is 0 Å². The fraction of sp³-hybridized carbons (Fsp3) is 0.385. The molecule has 8 heteroatoms. The van der Waals surface area contributed by atoms with Crippen molar-refractivity contribution in [3.8, 4) is 16.3 Å². The topological polar surface area (TPSA) is 107 Å². The Balaban J connectivity index is 2.01. The van der Waals surface area contributed by atoms with E-state index in [0.29, 0.717) is 57.9 Å². The van der Waals surface area contributed by atoms with E-state index in [4.69, 9.17) is 9.40 Å². The highest BCUT2D eigenvalue weighted by Gasteiger charge is 2.25. The van der Waals surface area contributed by atoms with E-state index in [1.165, 1.54) is 11.3 Å². The number of phenols is 1. The van der Waals surface area contributed by atoms with E-state index in [9.17, 15) is 20.1 Å². The van der Waals surface area contributed by atoms with Gasteiger partial charge in [-0.25, -0.2) is 4.98 Å². The van der Waals surface area contributed by atoms with Crippen LogP contribution in [0.1, 0.15) is 43.6 Å². The van der Waals surface area contributed by atoms with Crippen molar-refractivity contribution in [1.29, 1.82) is 0 Å². The third-order valence-corrected chi connectivity index (χ3v) is 7.04. The van der Waals surface area contributed by atoms with Crippen molar-refractivity contribution in [1.82, 2.24) is 9.88 Å². The quantitative estimate of drug-likeness (QED) is 0.327. The van der Waals surface area contributed by atoms with Gasteiger partial charge in [0.1, 0.15) is 22.1 Å². The summed E-state index contributed by atoms with van der Waals surface area (Å²) in [6.07, 6.45) is 0.538. The molecule has 0 radical (unpaired) electrons. The minimum Gasteiger partial charge on any atom is -0.507 e. The Morgan fingerprint density at radius 3 is 2.47 bits per heavy atom. The van der Waals surface area contributed by atoms with E-state index < -0.39 is 0 Å². The minimum absolute atomic E-state index is 0.0847. The largest absolute Gasteiger partial charge is 0.507 e. The molecule has 4 aromatic rings. The van der Waals surface area contributed by atoms with Crippen LogP contribution >= 0.6 is 11.3 Å². The Bertz CT molecular complexity index is 1340. The Morgan fingerprint density at radius 1 is 1.15 bits per heavy atom. The van der Waals surface area contributed by atoms with Crippen molar-refractivity contribution in [2.75, 3.05) is 26.3 Å². The fourth-order valence-corrected chi connectivity index (χ4v) is 5.26. The second kappa shape index (κ2) is 10.2. The molecule has 0 atom stereocenters. The molecule has 0 spiro atoms. The number of aliphatic hydroxyl groups is 2. The van der Waals surface area contributed by atoms with Crippen LogP contribution in [0.15, 0.2) is 39.5 Å². The zero-order valence-corrected chi connectivity index (χ0v) is 20.5. The van der Waals surface area contributed by atoms with Gasteiger partial charge in [0.2, 0.25) is 5.43 Å². The van der Waals surface area contributed by atoms with Crippen LogP contribution in [0.25, 0.3) is 31.8 Å². The van der Waals surface area contributed by atoms with Gasteiger partial charge in [-0.15, -0.1) is 11.3 Å². The summed E-state index contributed by atoms with van der Waals surface area (Å²) in [6.45, 7) is 6.55. The normalized spacial score (nSPS) is 12.0. The molecule has 0 bridgehead atoms. The second-order valence-corrected chi connectivity index (χ2v) is 9.66. The highest BCUT2D eigenvalue weighted by molar-refractivity contribution is 7.21. The van der Waals surface area contributed by atoms with Crippen molar-refractivity contribution >= 4 is 32.5 Å². The number of aliphatic hydroxyl groups excluding tert-OH is 2. The molecule has 0 amide bonds. The summed E-state index contributed by atoms with van der Waals surface area (Å²) in [5.74, 6) is 0.518. The van der Waals surface area contributed by atoms with Gasteiger partial charge in [-0.1, -0.05) is 32.9 Å². The number of aryl methyl sites for hydroxylation is 1. The number of aromatic nitrogens is 1. The number of para-hydroxylation sites is 1. The van der Waals surface area contributed by atoms with Crippen LogP contribution in [0.4, 0.5) is 0 Å². The number of phenolic OH excluding ortho intramolecular Hbond substituents is 1. The maximum absolute atomic E-state index is 13.9. The Hall–Kier alpha value is -2.78. The summed E-state index contributed by atoms with van der Waals surface area (Å²) in [5, 5.41) is 31.0. The van der Waals surface area contributed by atoms with Crippen molar-refractivity contribution in [3.63, 3.8) is 0 Å². The van der Waals surface area contributed by atoms with Gasteiger partial charge in [0.05, 0.1) is 39.9 Å². The molecule has 2 heterocycles. The number of nitrogens with zero attached hydrogens (tertiary/aromatic N) is 2. The van der Waals surface area contributed by atoms with Gasteiger partial charge < -0.3 is 19.7 Å². The number of benzene rings is 2. The molecule has 4 rings (SSSR count). The zero-order valence-electron chi connectivity index (χ0n) is 19.7. The number of aromatic hydroxyl groups is 1. The van der Waals surface area contributed by atoms with Crippen molar-refractivity contribution in [2.45, 2.75) is 39.7 Å². The number of fused-ring (bicyclic) bond motifs is 2. The molecule has 7 nitrogen and oxygen atoms in total. The molecule has 2 aromatic carbocycles. The standard InChI is InChI=1S/C26H30N2O5S/c1-4-16-13-17-23(32)21(26-27-19-7-5-6-8-20(19)34-26)24(15(2)3)33-25(17)18(22(16)31)14-28(9-11-29)10-12-30/h5-8,13,15,29-31H,4,9-12,14H2,1-3H3. The summed E-state index contributed by atoms with van der Waals surface area (Å²) in [6, 6.07) is 9.49. The SMILES string of the molecule is CCc1cc2c(=O)c(-c3nc4ccccc4s3)c(C(C)C)oc2c(CN(CCO)CCO)c1O. The van der Waals surface area contributed by atoms with Gasteiger partial charge in [0, 0.05) is 25.6 Å². The van der Waals surface area contributed by atoms with Crippen LogP contribution in [0, 0.1) is 0 Å². The summed E-state index contributed by atoms with van der Waals surface area (Å²) in [5.41, 5.74) is 2.61. The number of rotatable bonds is 9. The van der Waals surface area contributed by atoms with Crippen LogP contribution in [-0.4, -0.2) is 51.5 Å². The van der Waals surface area contributed by atoms with E-state index in [2.05, 4.69) is 0 Å². The molecule has 0 fully saturated rings. The highest BCUT2D eigenvalue weighted by atomic mass is 32.1. The van der Waals surface area contributed by atoms with Crippen LogP contribution < -0.4 is 5.43 Å². The summed E-state index contributed by atoms with van der Waals surface area (Å²) in [4.78, 5) is 20.5. The van der Waals surface area contributed by atoms with E-state index >= 15 is 0 Å². The van der Waals surface area contributed by atoms with Gasteiger partial charge in [-0.3, -0.25) is 9.69 Å². The van der Waals surface area contributed by atoms with E-state index in [-0.39, 0.29) is 36.9 Å². The van der Waals surface area contributed by atoms with Gasteiger partial charge in [0.15, 0.2) is 0 Å². The molecule has 180 valence electrons. The molecule has 0 saturated heterocycles. The zero-order chi connectivity index (χ0) is 24.4. The highest BCUT2D eigenvalue weighted by Crippen LogP contribution is 2.38. The molecule has 0 unspecified atom stereocenters. The molecule has 0 aliphatic carbocycles. The van der Waals surface area contributed by atoms with E-state index in [0.717, 1.165) is 10.2 Å². The summed E-state index contributed by atoms with van der Waals surface area (Å²) < 4.78 is 7.41. The van der Waals surface area contributed by atoms with E-state index in [1.54, 1.807) is 6.07 Å². The van der Waals surface area contributed by atoms with Crippen molar-refractivity contribution in [2.24, 2.45) is 0 Å². The average Bonchev–Trinajstić information content (AvgIpc) is 3.24. The van der Waals surface area contributed by atoms with Crippen molar-refractivity contribution in [3.05, 3.63) is 57.4 Å². The predicted octanol–water partition coefficient (Wildman–Crippen LogP) is 4.25. The van der Waals surface area contributed by atoms with Crippen LogP contribution in [0.3, 0.4) is 0 Å². The Kier molecular flexibility index (Phi) is 7.33. The van der Waals surface area contributed by atoms with Gasteiger partial charge in [-0.05, 0) is 30.2 Å². The molecule has 0 saturated carbocycles. The molecular formula is C26H30N2O5S. The lowest BCUT2D eigenvalue weighted by atomic mass is 9.98. The predicted molar refractivity (Wildman–Crippen MR) is 136 cm³/mol. The number of thiazole rings is 1. The van der Waals surface area contributed by atoms with Gasteiger partial charge in [-0.2, -0.15) is 0 Å². The molecular weight excluding hydrogens is 452 g/mol. The first-order valence-electron chi connectivity index (χ1n) is 11.5. The lowest BCUT2D eigenvalue weighted by molar-refractivity contribution is 0.155. The van der Waals surface area contributed by atoms with Crippen LogP contribution in [0.5, 0.6) is 5.75 Å². The molecule has 34 heavy (non-hydrogen) atoms. The maximum atomic E-state index is 13.9. The first-order valence-corrected chi connectivity index (χ1v) is 12.4. The smallest absolute Gasteiger partial charge is 0.203 e. The van der Waals surface area contributed by atoms with Crippen LogP contribution in [-0.2, 0) is 13.0 Å². The summed E-state index contributed by atoms with van der Waals surface area (Å²) >= 11 is 1.46. The second-order valence-electron chi connectivity index (χ2n) is 8.63. The van der Waals surface area contributed by atoms with Gasteiger partial charge in [0.25, 0.3) is 0 Å². The number of hydrogen-bond acceptors (Lipinski definition) is 8. The lowest BCUT2D eigenvalue weighted by Gasteiger charge is -2.23. The third-order valence-electron chi connectivity index (χ3n) is 5.98. The first-order chi connectivity index (χ1) is 16.4. The minimum atomic E-state index is -0.171. The molecule has 3 N–H and O–H groups in total. The summed E-state index contributed by atoms with van der Waals surface area (Å²) in [7, 11) is 0. The first kappa shape index (κ1) is 24.3. The monoisotopic (exact) mass is 482 g/mol. The molecule has 0 aliphatic rings. The third kappa shape index (κ3) is 4.46. The number of hydrogen-bond donors (Lipinski definition) is 3. The Morgan fingerprint density at radius 2 is 1.85 bits per heavy atom. The Labute approximate surface area is 201 Å². The average molecular weight is 483 g/mol. The van der Waals surface area contributed by atoms with E-state index in [1.807, 2.05) is 49.9 Å². The van der Waals surface area contributed by atoms with Gasteiger partial charge >= 0.3 is 0 Å². The lowest BCUT2D eigenvalue weighted by Crippen LogP contribution is -2.29.